The summed E-state index contributed by atoms with van der Waals surface area (Å²) in [6.07, 6.45) is 7.41. The SMILES string of the molecule is Cc1ccnc(Nc2cc3cc(-c4cnccc4C)ccc3cn2)c1. The molecule has 0 spiro atoms. The predicted molar refractivity (Wildman–Crippen MR) is 102 cm³/mol. The first-order chi connectivity index (χ1) is 12.2. The van der Waals surface area contributed by atoms with Gasteiger partial charge in [-0.1, -0.05) is 12.1 Å². The first-order valence-corrected chi connectivity index (χ1v) is 8.19. The average molecular weight is 326 g/mol. The first kappa shape index (κ1) is 15.3. The summed E-state index contributed by atoms with van der Waals surface area (Å²) >= 11 is 0. The minimum absolute atomic E-state index is 0.783. The van der Waals surface area contributed by atoms with Gasteiger partial charge in [-0.25, -0.2) is 9.97 Å². The van der Waals surface area contributed by atoms with Crippen LogP contribution in [-0.2, 0) is 0 Å². The van der Waals surface area contributed by atoms with Crippen LogP contribution in [0.15, 0.2) is 67.3 Å². The monoisotopic (exact) mass is 326 g/mol. The second kappa shape index (κ2) is 6.32. The fourth-order valence-electron chi connectivity index (χ4n) is 2.88. The fraction of sp³-hybridized carbons (Fsp3) is 0.0952. The molecular formula is C21H18N4. The Morgan fingerprint density at radius 1 is 0.760 bits per heavy atom. The Kier molecular flexibility index (Phi) is 3.86. The molecule has 0 amide bonds. The smallest absolute Gasteiger partial charge is 0.132 e. The van der Waals surface area contributed by atoms with Crippen molar-refractivity contribution < 1.29 is 0 Å². The lowest BCUT2D eigenvalue weighted by Gasteiger charge is -2.09. The molecule has 1 N–H and O–H groups in total. The summed E-state index contributed by atoms with van der Waals surface area (Å²) < 4.78 is 0. The zero-order valence-corrected chi connectivity index (χ0v) is 14.2. The Balaban J connectivity index is 1.73. The normalized spacial score (nSPS) is 10.8. The highest BCUT2D eigenvalue weighted by atomic mass is 15.0. The Bertz CT molecular complexity index is 1060. The summed E-state index contributed by atoms with van der Waals surface area (Å²) in [5.41, 5.74) is 4.68. The molecule has 25 heavy (non-hydrogen) atoms. The molecule has 3 heterocycles. The van der Waals surface area contributed by atoms with Gasteiger partial charge in [0.1, 0.15) is 11.6 Å². The molecule has 0 saturated carbocycles. The molecule has 4 nitrogen and oxygen atoms in total. The summed E-state index contributed by atoms with van der Waals surface area (Å²) in [5.74, 6) is 1.58. The van der Waals surface area contributed by atoms with E-state index in [1.165, 1.54) is 5.56 Å². The van der Waals surface area contributed by atoms with E-state index in [2.05, 4.69) is 51.5 Å². The quantitative estimate of drug-likeness (QED) is 0.572. The summed E-state index contributed by atoms with van der Waals surface area (Å²) in [6.45, 7) is 4.15. The molecule has 3 aromatic heterocycles. The van der Waals surface area contributed by atoms with Gasteiger partial charge in [-0.2, -0.15) is 0 Å². The van der Waals surface area contributed by atoms with Gasteiger partial charge in [0.05, 0.1) is 0 Å². The number of anilines is 2. The highest BCUT2D eigenvalue weighted by Gasteiger charge is 2.05. The largest absolute Gasteiger partial charge is 0.325 e. The minimum atomic E-state index is 0.783. The van der Waals surface area contributed by atoms with Crippen molar-refractivity contribution in [3.05, 3.63) is 78.4 Å². The van der Waals surface area contributed by atoms with Gasteiger partial charge in [-0.3, -0.25) is 4.98 Å². The maximum absolute atomic E-state index is 4.49. The van der Waals surface area contributed by atoms with Crippen molar-refractivity contribution in [1.82, 2.24) is 15.0 Å². The molecule has 122 valence electrons. The van der Waals surface area contributed by atoms with E-state index in [1.807, 2.05) is 43.7 Å². The number of nitrogens with one attached hydrogen (secondary N) is 1. The molecule has 0 saturated heterocycles. The number of benzene rings is 1. The minimum Gasteiger partial charge on any atom is -0.325 e. The van der Waals surface area contributed by atoms with E-state index in [1.54, 1.807) is 6.20 Å². The zero-order valence-electron chi connectivity index (χ0n) is 14.2. The molecule has 0 bridgehead atoms. The predicted octanol–water partition coefficient (Wildman–Crippen LogP) is 5.05. The van der Waals surface area contributed by atoms with Gasteiger partial charge in [-0.05, 0) is 66.3 Å². The van der Waals surface area contributed by atoms with Gasteiger partial charge < -0.3 is 5.32 Å². The van der Waals surface area contributed by atoms with E-state index in [0.717, 1.165) is 39.1 Å². The van der Waals surface area contributed by atoms with Crippen LogP contribution in [-0.4, -0.2) is 15.0 Å². The van der Waals surface area contributed by atoms with Gasteiger partial charge in [-0.15, -0.1) is 0 Å². The summed E-state index contributed by atoms with van der Waals surface area (Å²) in [5, 5.41) is 5.51. The van der Waals surface area contributed by atoms with Crippen molar-refractivity contribution in [3.63, 3.8) is 0 Å². The van der Waals surface area contributed by atoms with Crippen LogP contribution >= 0.6 is 0 Å². The van der Waals surface area contributed by atoms with Gasteiger partial charge in [0, 0.05) is 35.7 Å². The van der Waals surface area contributed by atoms with E-state index in [4.69, 9.17) is 0 Å². The molecule has 0 fully saturated rings. The van der Waals surface area contributed by atoms with Crippen LogP contribution in [0.25, 0.3) is 21.9 Å². The number of aryl methyl sites for hydroxylation is 2. The molecule has 0 aliphatic heterocycles. The van der Waals surface area contributed by atoms with Crippen LogP contribution in [0.2, 0.25) is 0 Å². The molecule has 4 heteroatoms. The first-order valence-electron chi connectivity index (χ1n) is 8.19. The van der Waals surface area contributed by atoms with E-state index in [0.29, 0.717) is 0 Å². The molecule has 0 aliphatic carbocycles. The molecule has 0 aliphatic rings. The maximum Gasteiger partial charge on any atom is 0.132 e. The Hall–Kier alpha value is -3.27. The summed E-state index contributed by atoms with van der Waals surface area (Å²) in [4.78, 5) is 13.1. The second-order valence-corrected chi connectivity index (χ2v) is 6.17. The standard InChI is InChI=1S/C21H18N4/c1-14-5-8-23-20(9-14)25-21-11-18-10-16(3-4-17(18)12-24-21)19-13-22-7-6-15(19)2/h3-13H,1-2H3,(H,23,24,25). The number of hydrogen-bond donors (Lipinski definition) is 1. The number of nitrogens with zero attached hydrogens (tertiary/aromatic N) is 3. The van der Waals surface area contributed by atoms with Gasteiger partial charge in [0.15, 0.2) is 0 Å². The molecule has 0 unspecified atom stereocenters. The third kappa shape index (κ3) is 3.19. The molecule has 4 rings (SSSR count). The lowest BCUT2D eigenvalue weighted by atomic mass is 10.0. The van der Waals surface area contributed by atoms with Crippen LogP contribution < -0.4 is 5.32 Å². The van der Waals surface area contributed by atoms with Gasteiger partial charge >= 0.3 is 0 Å². The number of pyridine rings is 3. The van der Waals surface area contributed by atoms with E-state index >= 15 is 0 Å². The number of hydrogen-bond acceptors (Lipinski definition) is 4. The van der Waals surface area contributed by atoms with E-state index in [-0.39, 0.29) is 0 Å². The average Bonchev–Trinajstić information content (AvgIpc) is 2.61. The third-order valence-corrected chi connectivity index (χ3v) is 4.24. The zero-order chi connectivity index (χ0) is 17.2. The van der Waals surface area contributed by atoms with Crippen LogP contribution in [0, 0.1) is 13.8 Å². The topological polar surface area (TPSA) is 50.7 Å². The van der Waals surface area contributed by atoms with Crippen LogP contribution in [0.4, 0.5) is 11.6 Å². The van der Waals surface area contributed by atoms with Gasteiger partial charge in [0.2, 0.25) is 0 Å². The molecular weight excluding hydrogens is 308 g/mol. The van der Waals surface area contributed by atoms with E-state index < -0.39 is 0 Å². The Morgan fingerprint density at radius 2 is 1.64 bits per heavy atom. The Labute approximate surface area is 146 Å². The lowest BCUT2D eigenvalue weighted by Crippen LogP contribution is -1.96. The van der Waals surface area contributed by atoms with Crippen molar-refractivity contribution in [2.24, 2.45) is 0 Å². The second-order valence-electron chi connectivity index (χ2n) is 6.17. The number of rotatable bonds is 3. The van der Waals surface area contributed by atoms with Gasteiger partial charge in [0.25, 0.3) is 0 Å². The highest BCUT2D eigenvalue weighted by molar-refractivity contribution is 5.89. The lowest BCUT2D eigenvalue weighted by molar-refractivity contribution is 1.24. The molecule has 4 aromatic rings. The van der Waals surface area contributed by atoms with Crippen LogP contribution in [0.1, 0.15) is 11.1 Å². The van der Waals surface area contributed by atoms with Crippen LogP contribution in [0.5, 0.6) is 0 Å². The van der Waals surface area contributed by atoms with Crippen molar-refractivity contribution in [3.8, 4) is 11.1 Å². The van der Waals surface area contributed by atoms with Crippen molar-refractivity contribution >= 4 is 22.4 Å². The number of fused-ring (bicyclic) bond motifs is 1. The van der Waals surface area contributed by atoms with Crippen molar-refractivity contribution in [2.75, 3.05) is 5.32 Å². The summed E-state index contributed by atoms with van der Waals surface area (Å²) in [7, 11) is 0. The molecule has 0 atom stereocenters. The van der Waals surface area contributed by atoms with Crippen molar-refractivity contribution in [1.29, 1.82) is 0 Å². The maximum atomic E-state index is 4.49. The number of aromatic nitrogens is 3. The van der Waals surface area contributed by atoms with E-state index in [9.17, 15) is 0 Å². The highest BCUT2D eigenvalue weighted by Crippen LogP contribution is 2.27. The molecule has 0 radical (unpaired) electrons. The van der Waals surface area contributed by atoms with Crippen molar-refractivity contribution in [2.45, 2.75) is 13.8 Å². The van der Waals surface area contributed by atoms with Crippen LogP contribution in [0.3, 0.4) is 0 Å². The third-order valence-electron chi connectivity index (χ3n) is 4.24. The fourth-order valence-corrected chi connectivity index (χ4v) is 2.88. The Morgan fingerprint density at radius 3 is 2.48 bits per heavy atom. The summed E-state index contributed by atoms with van der Waals surface area (Å²) in [6, 6.07) is 14.4. The molecule has 1 aromatic carbocycles.